The van der Waals surface area contributed by atoms with Crippen LogP contribution < -0.4 is 14.2 Å². The van der Waals surface area contributed by atoms with Crippen molar-refractivity contribution in [3.63, 3.8) is 0 Å². The van der Waals surface area contributed by atoms with Crippen LogP contribution in [0.2, 0.25) is 0 Å². The van der Waals surface area contributed by atoms with Crippen LogP contribution in [0.1, 0.15) is 17.3 Å². The van der Waals surface area contributed by atoms with Gasteiger partial charge in [-0.05, 0) is 30.7 Å². The zero-order valence-electron chi connectivity index (χ0n) is 13.6. The minimum absolute atomic E-state index is 0.313. The molecule has 0 saturated heterocycles. The Morgan fingerprint density at radius 2 is 1.61 bits per heavy atom. The number of rotatable bonds is 6. The first kappa shape index (κ1) is 16.6. The maximum Gasteiger partial charge on any atom is 0.339 e. The average molecular weight is 317 g/mol. The number of aromatic nitrogens is 1. The summed E-state index contributed by atoms with van der Waals surface area (Å²) in [7, 11) is 4.64. The van der Waals surface area contributed by atoms with E-state index < -0.39 is 5.97 Å². The van der Waals surface area contributed by atoms with E-state index in [0.717, 1.165) is 11.1 Å². The molecule has 0 aliphatic rings. The SMILES string of the molecule is CCOC(=O)c1cncc(-c2cc(OC)c(OC)c(OC)c2)c1. The van der Waals surface area contributed by atoms with E-state index in [4.69, 9.17) is 18.9 Å². The van der Waals surface area contributed by atoms with Crippen LogP contribution in [0.3, 0.4) is 0 Å². The zero-order chi connectivity index (χ0) is 16.8. The Kier molecular flexibility index (Phi) is 5.41. The smallest absolute Gasteiger partial charge is 0.339 e. The molecule has 1 aromatic carbocycles. The van der Waals surface area contributed by atoms with Gasteiger partial charge in [-0.3, -0.25) is 4.98 Å². The van der Waals surface area contributed by atoms with Gasteiger partial charge < -0.3 is 18.9 Å². The lowest BCUT2D eigenvalue weighted by Crippen LogP contribution is -2.05. The van der Waals surface area contributed by atoms with Crippen LogP contribution in [0.5, 0.6) is 17.2 Å². The Hall–Kier alpha value is -2.76. The highest BCUT2D eigenvalue weighted by molar-refractivity contribution is 5.90. The zero-order valence-corrected chi connectivity index (χ0v) is 13.6. The van der Waals surface area contributed by atoms with E-state index in [1.54, 1.807) is 52.6 Å². The van der Waals surface area contributed by atoms with E-state index in [-0.39, 0.29) is 0 Å². The van der Waals surface area contributed by atoms with Crippen molar-refractivity contribution in [1.82, 2.24) is 4.98 Å². The fourth-order valence-corrected chi connectivity index (χ4v) is 2.17. The third kappa shape index (κ3) is 3.53. The highest BCUT2D eigenvalue weighted by Gasteiger charge is 2.15. The van der Waals surface area contributed by atoms with Crippen LogP contribution in [-0.2, 0) is 4.74 Å². The van der Waals surface area contributed by atoms with Crippen LogP contribution in [0.25, 0.3) is 11.1 Å². The van der Waals surface area contributed by atoms with Gasteiger partial charge in [-0.15, -0.1) is 0 Å². The molecule has 0 atom stereocenters. The summed E-state index contributed by atoms with van der Waals surface area (Å²) < 4.78 is 21.0. The Bertz CT molecular complexity index is 674. The topological polar surface area (TPSA) is 66.9 Å². The second-order valence-electron chi connectivity index (χ2n) is 4.60. The lowest BCUT2D eigenvalue weighted by atomic mass is 10.0. The first-order valence-corrected chi connectivity index (χ1v) is 7.07. The van der Waals surface area contributed by atoms with Gasteiger partial charge in [-0.25, -0.2) is 4.79 Å². The number of ether oxygens (including phenoxy) is 4. The van der Waals surface area contributed by atoms with Gasteiger partial charge in [-0.1, -0.05) is 0 Å². The number of hydrogen-bond acceptors (Lipinski definition) is 6. The maximum absolute atomic E-state index is 11.8. The summed E-state index contributed by atoms with van der Waals surface area (Å²) in [5.74, 6) is 1.16. The van der Waals surface area contributed by atoms with Crippen LogP contribution in [0.15, 0.2) is 30.6 Å². The van der Waals surface area contributed by atoms with Gasteiger partial charge in [-0.2, -0.15) is 0 Å². The summed E-state index contributed by atoms with van der Waals surface area (Å²) in [4.78, 5) is 15.9. The molecule has 1 heterocycles. The molecule has 0 aliphatic carbocycles. The van der Waals surface area contributed by atoms with E-state index in [1.807, 2.05) is 0 Å². The van der Waals surface area contributed by atoms with Crippen LogP contribution in [-0.4, -0.2) is 38.9 Å². The van der Waals surface area contributed by atoms with Gasteiger partial charge in [0, 0.05) is 18.0 Å². The quantitative estimate of drug-likeness (QED) is 0.763. The molecule has 1 aromatic heterocycles. The van der Waals surface area contributed by atoms with Gasteiger partial charge >= 0.3 is 5.97 Å². The molecule has 23 heavy (non-hydrogen) atoms. The normalized spacial score (nSPS) is 10.1. The average Bonchev–Trinajstić information content (AvgIpc) is 2.60. The number of carbonyl (C=O) groups is 1. The van der Waals surface area contributed by atoms with Crippen molar-refractivity contribution >= 4 is 5.97 Å². The van der Waals surface area contributed by atoms with Gasteiger partial charge in [0.15, 0.2) is 11.5 Å². The molecule has 0 bridgehead atoms. The monoisotopic (exact) mass is 317 g/mol. The number of methoxy groups -OCH3 is 3. The Morgan fingerprint density at radius 1 is 0.957 bits per heavy atom. The summed E-state index contributed by atoms with van der Waals surface area (Å²) in [6.45, 7) is 2.07. The summed E-state index contributed by atoms with van der Waals surface area (Å²) in [6.07, 6.45) is 3.13. The number of carbonyl (C=O) groups excluding carboxylic acids is 1. The molecular formula is C17H19NO5. The Morgan fingerprint density at radius 3 is 2.13 bits per heavy atom. The van der Waals surface area contributed by atoms with Crippen molar-refractivity contribution in [3.05, 3.63) is 36.2 Å². The molecule has 0 radical (unpaired) electrons. The molecule has 0 amide bonds. The van der Waals surface area contributed by atoms with Crippen LogP contribution in [0, 0.1) is 0 Å². The third-order valence-electron chi connectivity index (χ3n) is 3.25. The molecule has 0 aliphatic heterocycles. The van der Waals surface area contributed by atoms with Gasteiger partial charge in [0.05, 0.1) is 33.5 Å². The standard InChI is InChI=1S/C17H19NO5/c1-5-23-17(19)13-6-12(9-18-10-13)11-7-14(20-2)16(22-4)15(8-11)21-3/h6-10H,5H2,1-4H3. The Balaban J connectivity index is 2.50. The third-order valence-corrected chi connectivity index (χ3v) is 3.25. The molecule has 0 unspecified atom stereocenters. The first-order valence-electron chi connectivity index (χ1n) is 7.07. The van der Waals surface area contributed by atoms with E-state index in [2.05, 4.69) is 4.98 Å². The lowest BCUT2D eigenvalue weighted by molar-refractivity contribution is 0.0526. The van der Waals surface area contributed by atoms with E-state index in [9.17, 15) is 4.79 Å². The molecule has 122 valence electrons. The van der Waals surface area contributed by atoms with Gasteiger partial charge in [0.1, 0.15) is 0 Å². The molecule has 0 saturated carbocycles. The summed E-state index contributed by atoms with van der Waals surface area (Å²) in [6, 6.07) is 5.31. The minimum atomic E-state index is -0.408. The molecular weight excluding hydrogens is 298 g/mol. The summed E-state index contributed by atoms with van der Waals surface area (Å²) >= 11 is 0. The molecule has 2 rings (SSSR count). The predicted molar refractivity (Wildman–Crippen MR) is 85.3 cm³/mol. The second-order valence-corrected chi connectivity index (χ2v) is 4.60. The molecule has 0 fully saturated rings. The maximum atomic E-state index is 11.8. The largest absolute Gasteiger partial charge is 0.493 e. The second kappa shape index (κ2) is 7.49. The first-order chi connectivity index (χ1) is 11.1. The number of nitrogens with zero attached hydrogens (tertiary/aromatic N) is 1. The highest BCUT2D eigenvalue weighted by Crippen LogP contribution is 2.41. The van der Waals surface area contributed by atoms with Crippen molar-refractivity contribution in [1.29, 1.82) is 0 Å². The van der Waals surface area contributed by atoms with Gasteiger partial charge in [0.2, 0.25) is 5.75 Å². The van der Waals surface area contributed by atoms with Crippen LogP contribution in [0.4, 0.5) is 0 Å². The van der Waals surface area contributed by atoms with Crippen molar-refractivity contribution in [2.24, 2.45) is 0 Å². The molecule has 2 aromatic rings. The fourth-order valence-electron chi connectivity index (χ4n) is 2.17. The predicted octanol–water partition coefficient (Wildman–Crippen LogP) is 2.95. The fraction of sp³-hybridized carbons (Fsp3) is 0.294. The number of benzene rings is 1. The summed E-state index contributed by atoms with van der Waals surface area (Å²) in [5.41, 5.74) is 1.92. The molecule has 0 N–H and O–H groups in total. The Labute approximate surface area is 135 Å². The minimum Gasteiger partial charge on any atom is -0.493 e. The number of pyridine rings is 1. The highest BCUT2D eigenvalue weighted by atomic mass is 16.5. The lowest BCUT2D eigenvalue weighted by Gasteiger charge is -2.14. The van der Waals surface area contributed by atoms with E-state index >= 15 is 0 Å². The van der Waals surface area contributed by atoms with Crippen LogP contribution >= 0.6 is 0 Å². The molecule has 6 heteroatoms. The van der Waals surface area contributed by atoms with E-state index in [0.29, 0.717) is 29.4 Å². The van der Waals surface area contributed by atoms with Gasteiger partial charge in [0.25, 0.3) is 0 Å². The summed E-state index contributed by atoms with van der Waals surface area (Å²) in [5, 5.41) is 0. The van der Waals surface area contributed by atoms with Crippen molar-refractivity contribution in [2.75, 3.05) is 27.9 Å². The number of hydrogen-bond donors (Lipinski definition) is 0. The number of esters is 1. The molecule has 0 spiro atoms. The molecule has 6 nitrogen and oxygen atoms in total. The van der Waals surface area contributed by atoms with Crippen molar-refractivity contribution in [2.45, 2.75) is 6.92 Å². The van der Waals surface area contributed by atoms with Crippen molar-refractivity contribution < 1.29 is 23.7 Å². The van der Waals surface area contributed by atoms with E-state index in [1.165, 1.54) is 6.20 Å². The van der Waals surface area contributed by atoms with Crippen molar-refractivity contribution in [3.8, 4) is 28.4 Å².